The van der Waals surface area contributed by atoms with Gasteiger partial charge in [-0.3, -0.25) is 0 Å². The average molecular weight is 256 g/mol. The first-order valence-electron chi connectivity index (χ1n) is 6.54. The Balaban J connectivity index is 2.10. The Morgan fingerprint density at radius 3 is 2.05 bits per heavy atom. The molecule has 2 aromatic carbocycles. The van der Waals surface area contributed by atoms with Crippen molar-refractivity contribution in [3.63, 3.8) is 0 Å². The van der Waals surface area contributed by atoms with Crippen LogP contribution in [0.2, 0.25) is 0 Å². The summed E-state index contributed by atoms with van der Waals surface area (Å²) in [5.41, 5.74) is 4.16. The highest BCUT2D eigenvalue weighted by atomic mass is 16.3. The van der Waals surface area contributed by atoms with E-state index in [9.17, 15) is 10.2 Å². The molecule has 0 aliphatic carbocycles. The van der Waals surface area contributed by atoms with Crippen molar-refractivity contribution >= 4 is 0 Å². The van der Waals surface area contributed by atoms with Crippen LogP contribution in [0, 0.1) is 13.8 Å². The average Bonchev–Trinajstić information content (AvgIpc) is 2.37. The standard InChI is InChI=1S/C17H20O2/c1-12-8-13(2)10-14(9-12)11-16(18)17(19)15-6-4-3-5-7-15/h3-10,16-19H,11H2,1-2H3. The third kappa shape index (κ3) is 3.66. The Labute approximate surface area is 114 Å². The first-order valence-corrected chi connectivity index (χ1v) is 6.54. The highest BCUT2D eigenvalue weighted by Crippen LogP contribution is 2.20. The lowest BCUT2D eigenvalue weighted by atomic mass is 9.96. The van der Waals surface area contributed by atoms with Crippen molar-refractivity contribution in [3.8, 4) is 0 Å². The molecule has 2 rings (SSSR count). The summed E-state index contributed by atoms with van der Waals surface area (Å²) in [6.45, 7) is 4.08. The number of aryl methyl sites for hydroxylation is 2. The highest BCUT2D eigenvalue weighted by Gasteiger charge is 2.18. The quantitative estimate of drug-likeness (QED) is 0.883. The van der Waals surface area contributed by atoms with Crippen molar-refractivity contribution in [2.45, 2.75) is 32.5 Å². The smallest absolute Gasteiger partial charge is 0.105 e. The Morgan fingerprint density at radius 1 is 0.895 bits per heavy atom. The zero-order chi connectivity index (χ0) is 13.8. The van der Waals surface area contributed by atoms with E-state index in [2.05, 4.69) is 6.07 Å². The molecule has 0 spiro atoms. The van der Waals surface area contributed by atoms with Gasteiger partial charge in [0.15, 0.2) is 0 Å². The SMILES string of the molecule is Cc1cc(C)cc(CC(O)C(O)c2ccccc2)c1. The molecule has 2 unspecified atom stereocenters. The van der Waals surface area contributed by atoms with Crippen molar-refractivity contribution in [1.82, 2.24) is 0 Å². The summed E-state index contributed by atoms with van der Waals surface area (Å²) >= 11 is 0. The van der Waals surface area contributed by atoms with Crippen molar-refractivity contribution in [2.75, 3.05) is 0 Å². The maximum absolute atomic E-state index is 10.2. The van der Waals surface area contributed by atoms with Crippen molar-refractivity contribution < 1.29 is 10.2 Å². The fourth-order valence-corrected chi connectivity index (χ4v) is 2.41. The Bertz CT molecular complexity index is 514. The molecule has 0 fully saturated rings. The topological polar surface area (TPSA) is 40.5 Å². The van der Waals surface area contributed by atoms with Gasteiger partial charge >= 0.3 is 0 Å². The van der Waals surface area contributed by atoms with Crippen LogP contribution < -0.4 is 0 Å². The second-order valence-corrected chi connectivity index (χ2v) is 5.12. The monoisotopic (exact) mass is 256 g/mol. The molecule has 2 heteroatoms. The summed E-state index contributed by atoms with van der Waals surface area (Å²) in [6.07, 6.45) is -1.18. The molecule has 2 N–H and O–H groups in total. The van der Waals surface area contributed by atoms with E-state index in [-0.39, 0.29) is 0 Å². The summed E-state index contributed by atoms with van der Waals surface area (Å²) in [6, 6.07) is 15.5. The molecule has 0 saturated carbocycles. The van der Waals surface area contributed by atoms with Gasteiger partial charge in [0.25, 0.3) is 0 Å². The first-order chi connectivity index (χ1) is 9.06. The van der Waals surface area contributed by atoms with E-state index in [1.165, 1.54) is 11.1 Å². The first kappa shape index (κ1) is 13.8. The molecule has 0 aliphatic heterocycles. The van der Waals surface area contributed by atoms with Crippen molar-refractivity contribution in [3.05, 3.63) is 70.8 Å². The Hall–Kier alpha value is -1.64. The zero-order valence-corrected chi connectivity index (χ0v) is 11.4. The highest BCUT2D eigenvalue weighted by molar-refractivity contribution is 5.29. The maximum Gasteiger partial charge on any atom is 0.105 e. The molecule has 19 heavy (non-hydrogen) atoms. The van der Waals surface area contributed by atoms with Gasteiger partial charge in [0, 0.05) is 6.42 Å². The minimum Gasteiger partial charge on any atom is -0.390 e. The van der Waals surface area contributed by atoms with Crippen LogP contribution in [-0.4, -0.2) is 16.3 Å². The van der Waals surface area contributed by atoms with Crippen molar-refractivity contribution in [2.24, 2.45) is 0 Å². The van der Waals surface area contributed by atoms with Gasteiger partial charge in [-0.05, 0) is 25.0 Å². The van der Waals surface area contributed by atoms with Crippen LogP contribution in [0.4, 0.5) is 0 Å². The van der Waals surface area contributed by atoms with E-state index >= 15 is 0 Å². The van der Waals surface area contributed by atoms with Gasteiger partial charge in [-0.1, -0.05) is 59.7 Å². The molecule has 0 aliphatic rings. The van der Waals surface area contributed by atoms with Gasteiger partial charge in [-0.15, -0.1) is 0 Å². The number of rotatable bonds is 4. The van der Waals surface area contributed by atoms with E-state index < -0.39 is 12.2 Å². The van der Waals surface area contributed by atoms with Gasteiger partial charge in [-0.25, -0.2) is 0 Å². The van der Waals surface area contributed by atoms with E-state index in [1.54, 1.807) is 0 Å². The van der Waals surface area contributed by atoms with Crippen LogP contribution in [0.5, 0.6) is 0 Å². The van der Waals surface area contributed by atoms with E-state index in [0.717, 1.165) is 11.1 Å². The molecule has 2 nitrogen and oxygen atoms in total. The lowest BCUT2D eigenvalue weighted by Gasteiger charge is -2.18. The summed E-state index contributed by atoms with van der Waals surface area (Å²) < 4.78 is 0. The molecule has 0 aromatic heterocycles. The van der Waals surface area contributed by atoms with Crippen LogP contribution in [0.3, 0.4) is 0 Å². The number of aliphatic hydroxyl groups is 2. The van der Waals surface area contributed by atoms with Gasteiger partial charge in [-0.2, -0.15) is 0 Å². The minimum atomic E-state index is -0.845. The summed E-state index contributed by atoms with van der Waals surface area (Å²) in [4.78, 5) is 0. The molecule has 0 amide bonds. The summed E-state index contributed by atoms with van der Waals surface area (Å²) in [5, 5.41) is 20.3. The molecule has 0 saturated heterocycles. The predicted molar refractivity (Wildman–Crippen MR) is 77.0 cm³/mol. The molecule has 0 radical (unpaired) electrons. The van der Waals surface area contributed by atoms with Crippen molar-refractivity contribution in [1.29, 1.82) is 0 Å². The van der Waals surface area contributed by atoms with Gasteiger partial charge < -0.3 is 10.2 Å². The van der Waals surface area contributed by atoms with Gasteiger partial charge in [0.2, 0.25) is 0 Å². The Morgan fingerprint density at radius 2 is 1.47 bits per heavy atom. The maximum atomic E-state index is 10.2. The fourth-order valence-electron chi connectivity index (χ4n) is 2.41. The number of hydrogen-bond acceptors (Lipinski definition) is 2. The predicted octanol–water partition coefficient (Wildman–Crippen LogP) is 2.94. The molecule has 0 bridgehead atoms. The van der Waals surface area contributed by atoms with Crippen LogP contribution in [0.1, 0.15) is 28.4 Å². The number of benzene rings is 2. The van der Waals surface area contributed by atoms with E-state index in [0.29, 0.717) is 6.42 Å². The molecule has 100 valence electrons. The minimum absolute atomic E-state index is 0.457. The second-order valence-electron chi connectivity index (χ2n) is 5.12. The molecular formula is C17H20O2. The van der Waals surface area contributed by atoms with Crippen LogP contribution in [0.25, 0.3) is 0 Å². The van der Waals surface area contributed by atoms with E-state index in [4.69, 9.17) is 0 Å². The number of hydrogen-bond donors (Lipinski definition) is 2. The van der Waals surface area contributed by atoms with Gasteiger partial charge in [0.05, 0.1) is 6.10 Å². The van der Waals surface area contributed by atoms with Crippen LogP contribution in [-0.2, 0) is 6.42 Å². The summed E-state index contributed by atoms with van der Waals surface area (Å²) in [7, 11) is 0. The third-order valence-electron chi connectivity index (χ3n) is 3.23. The summed E-state index contributed by atoms with van der Waals surface area (Å²) in [5.74, 6) is 0. The molecular weight excluding hydrogens is 236 g/mol. The second kappa shape index (κ2) is 6.00. The Kier molecular flexibility index (Phi) is 4.35. The molecule has 2 aromatic rings. The number of aliphatic hydroxyl groups excluding tert-OH is 2. The van der Waals surface area contributed by atoms with Crippen LogP contribution in [0.15, 0.2) is 48.5 Å². The molecule has 0 heterocycles. The van der Waals surface area contributed by atoms with Crippen LogP contribution >= 0.6 is 0 Å². The lowest BCUT2D eigenvalue weighted by Crippen LogP contribution is -2.20. The molecule has 2 atom stereocenters. The zero-order valence-electron chi connectivity index (χ0n) is 11.4. The van der Waals surface area contributed by atoms with E-state index in [1.807, 2.05) is 56.3 Å². The normalized spacial score (nSPS) is 14.1. The third-order valence-corrected chi connectivity index (χ3v) is 3.23. The van der Waals surface area contributed by atoms with Gasteiger partial charge in [0.1, 0.15) is 6.10 Å². The fraction of sp³-hybridized carbons (Fsp3) is 0.294. The largest absolute Gasteiger partial charge is 0.390 e. The lowest BCUT2D eigenvalue weighted by molar-refractivity contribution is 0.0189.